The first-order valence-corrected chi connectivity index (χ1v) is 7.19. The highest BCUT2D eigenvalue weighted by Crippen LogP contribution is 2.29. The molecule has 2 atom stereocenters. The summed E-state index contributed by atoms with van der Waals surface area (Å²) in [6.45, 7) is 7.42. The van der Waals surface area contributed by atoms with Gasteiger partial charge in [-0.25, -0.2) is 0 Å². The molecule has 3 nitrogen and oxygen atoms in total. The topological polar surface area (TPSA) is 26.7 Å². The van der Waals surface area contributed by atoms with Gasteiger partial charge in [0, 0.05) is 37.3 Å². The SMILES string of the molecule is CC1CN(Cc2cccc(Br)c2O)CC(C)N1C. The molecule has 1 aromatic rings. The molecule has 0 aliphatic carbocycles. The maximum Gasteiger partial charge on any atom is 0.134 e. The van der Waals surface area contributed by atoms with Crippen molar-refractivity contribution in [2.75, 3.05) is 20.1 Å². The maximum atomic E-state index is 10.0. The van der Waals surface area contributed by atoms with Crippen molar-refractivity contribution in [2.45, 2.75) is 32.5 Å². The molecule has 1 saturated heterocycles. The highest BCUT2D eigenvalue weighted by atomic mass is 79.9. The van der Waals surface area contributed by atoms with Gasteiger partial charge in [0.2, 0.25) is 0 Å². The van der Waals surface area contributed by atoms with Gasteiger partial charge in [-0.15, -0.1) is 0 Å². The van der Waals surface area contributed by atoms with E-state index in [2.05, 4.69) is 46.6 Å². The number of halogens is 1. The number of aromatic hydroxyl groups is 1. The Kier molecular flexibility index (Phi) is 4.30. The second-order valence-corrected chi connectivity index (χ2v) is 6.16. The monoisotopic (exact) mass is 312 g/mol. The standard InChI is InChI=1S/C14H21BrN2O/c1-10-7-17(8-11(2)16(10)3)9-12-5-4-6-13(15)14(12)18/h4-6,10-11,18H,7-9H2,1-3H3. The largest absolute Gasteiger partial charge is 0.506 e. The van der Waals surface area contributed by atoms with Crippen LogP contribution in [0.1, 0.15) is 19.4 Å². The normalized spacial score (nSPS) is 26.4. The van der Waals surface area contributed by atoms with E-state index in [1.807, 2.05) is 18.2 Å². The summed E-state index contributed by atoms with van der Waals surface area (Å²) in [6, 6.07) is 6.95. The van der Waals surface area contributed by atoms with Crippen LogP contribution in [0.4, 0.5) is 0 Å². The van der Waals surface area contributed by atoms with Gasteiger partial charge in [0.25, 0.3) is 0 Å². The summed E-state index contributed by atoms with van der Waals surface area (Å²) in [5, 5.41) is 10.0. The van der Waals surface area contributed by atoms with E-state index >= 15 is 0 Å². The molecule has 1 fully saturated rings. The Morgan fingerprint density at radius 2 is 1.89 bits per heavy atom. The van der Waals surface area contributed by atoms with Gasteiger partial charge in [-0.2, -0.15) is 0 Å². The lowest BCUT2D eigenvalue weighted by molar-refractivity contribution is 0.0552. The first-order chi connectivity index (χ1) is 8.49. The lowest BCUT2D eigenvalue weighted by Crippen LogP contribution is -2.54. The number of benzene rings is 1. The Morgan fingerprint density at radius 3 is 2.50 bits per heavy atom. The molecule has 1 aliphatic heterocycles. The highest BCUT2D eigenvalue weighted by Gasteiger charge is 2.26. The molecule has 100 valence electrons. The Morgan fingerprint density at radius 1 is 1.28 bits per heavy atom. The van der Waals surface area contributed by atoms with Crippen LogP contribution in [0.25, 0.3) is 0 Å². The van der Waals surface area contributed by atoms with Crippen molar-refractivity contribution in [2.24, 2.45) is 0 Å². The van der Waals surface area contributed by atoms with Crippen molar-refractivity contribution in [3.63, 3.8) is 0 Å². The summed E-state index contributed by atoms with van der Waals surface area (Å²) in [4.78, 5) is 4.83. The van der Waals surface area contributed by atoms with Crippen LogP contribution in [0.5, 0.6) is 5.75 Å². The van der Waals surface area contributed by atoms with Crippen LogP contribution >= 0.6 is 15.9 Å². The van der Waals surface area contributed by atoms with E-state index in [9.17, 15) is 5.11 Å². The molecule has 1 heterocycles. The molecule has 18 heavy (non-hydrogen) atoms. The van der Waals surface area contributed by atoms with E-state index in [1.54, 1.807) is 0 Å². The number of rotatable bonds is 2. The van der Waals surface area contributed by atoms with Crippen LogP contribution in [-0.4, -0.2) is 47.1 Å². The summed E-state index contributed by atoms with van der Waals surface area (Å²) in [7, 11) is 2.18. The van der Waals surface area contributed by atoms with E-state index in [0.29, 0.717) is 17.8 Å². The molecular formula is C14H21BrN2O. The molecule has 1 aromatic carbocycles. The quantitative estimate of drug-likeness (QED) is 0.909. The number of phenolic OH excluding ortho intramolecular Hbond substituents is 1. The van der Waals surface area contributed by atoms with Crippen LogP contribution in [0.2, 0.25) is 0 Å². The zero-order valence-corrected chi connectivity index (χ0v) is 12.8. The molecular weight excluding hydrogens is 292 g/mol. The molecule has 2 unspecified atom stereocenters. The third-order valence-electron chi connectivity index (χ3n) is 3.90. The first kappa shape index (κ1) is 13.8. The minimum absolute atomic E-state index is 0.372. The summed E-state index contributed by atoms with van der Waals surface area (Å²) in [5.74, 6) is 0.372. The molecule has 0 radical (unpaired) electrons. The van der Waals surface area contributed by atoms with Crippen LogP contribution in [0, 0.1) is 0 Å². The smallest absolute Gasteiger partial charge is 0.134 e. The number of hydrogen-bond acceptors (Lipinski definition) is 3. The van der Waals surface area contributed by atoms with Gasteiger partial charge >= 0.3 is 0 Å². The third kappa shape index (κ3) is 2.87. The first-order valence-electron chi connectivity index (χ1n) is 6.39. The highest BCUT2D eigenvalue weighted by molar-refractivity contribution is 9.10. The van der Waals surface area contributed by atoms with Crippen LogP contribution < -0.4 is 0 Å². The number of piperazine rings is 1. The average Bonchev–Trinajstić information content (AvgIpc) is 2.32. The van der Waals surface area contributed by atoms with Gasteiger partial charge in [0.05, 0.1) is 4.47 Å². The Bertz CT molecular complexity index is 412. The fourth-order valence-electron chi connectivity index (χ4n) is 2.57. The Balaban J connectivity index is 2.08. The number of para-hydroxylation sites is 1. The zero-order chi connectivity index (χ0) is 13.3. The second-order valence-electron chi connectivity index (χ2n) is 5.31. The van der Waals surface area contributed by atoms with Crippen molar-refractivity contribution in [1.29, 1.82) is 0 Å². The number of nitrogens with zero attached hydrogens (tertiary/aromatic N) is 2. The van der Waals surface area contributed by atoms with Crippen molar-refractivity contribution in [3.8, 4) is 5.75 Å². The second kappa shape index (κ2) is 5.59. The Hall–Kier alpha value is -0.580. The van der Waals surface area contributed by atoms with Crippen LogP contribution in [-0.2, 0) is 6.54 Å². The van der Waals surface area contributed by atoms with Gasteiger partial charge < -0.3 is 5.11 Å². The predicted octanol–water partition coefficient (Wildman–Crippen LogP) is 2.68. The van der Waals surface area contributed by atoms with E-state index in [4.69, 9.17) is 0 Å². The van der Waals surface area contributed by atoms with Crippen LogP contribution in [0.15, 0.2) is 22.7 Å². The molecule has 0 saturated carbocycles. The minimum Gasteiger partial charge on any atom is -0.506 e. The number of likely N-dealkylation sites (N-methyl/N-ethyl adjacent to an activating group) is 1. The fourth-order valence-corrected chi connectivity index (χ4v) is 2.98. The summed E-state index contributed by atoms with van der Waals surface area (Å²) < 4.78 is 0.773. The van der Waals surface area contributed by atoms with Gasteiger partial charge in [0.15, 0.2) is 0 Å². The molecule has 1 aliphatic rings. The lowest BCUT2D eigenvalue weighted by atomic mass is 10.1. The van der Waals surface area contributed by atoms with Crippen molar-refractivity contribution in [3.05, 3.63) is 28.2 Å². The molecule has 0 amide bonds. The van der Waals surface area contributed by atoms with Gasteiger partial charge in [-0.05, 0) is 42.9 Å². The summed E-state index contributed by atoms with van der Waals surface area (Å²) >= 11 is 3.37. The van der Waals surface area contributed by atoms with Crippen molar-refractivity contribution >= 4 is 15.9 Å². The maximum absolute atomic E-state index is 10.0. The van der Waals surface area contributed by atoms with Gasteiger partial charge in [-0.1, -0.05) is 12.1 Å². The molecule has 2 rings (SSSR count). The van der Waals surface area contributed by atoms with E-state index in [-0.39, 0.29) is 0 Å². The third-order valence-corrected chi connectivity index (χ3v) is 4.54. The molecule has 0 aromatic heterocycles. The van der Waals surface area contributed by atoms with Crippen molar-refractivity contribution < 1.29 is 5.11 Å². The van der Waals surface area contributed by atoms with E-state index < -0.39 is 0 Å². The number of hydrogen-bond donors (Lipinski definition) is 1. The average molecular weight is 313 g/mol. The molecule has 0 bridgehead atoms. The zero-order valence-electron chi connectivity index (χ0n) is 11.2. The fraction of sp³-hybridized carbons (Fsp3) is 0.571. The number of phenols is 1. The van der Waals surface area contributed by atoms with E-state index in [0.717, 1.165) is 29.7 Å². The van der Waals surface area contributed by atoms with Gasteiger partial charge in [0.1, 0.15) is 5.75 Å². The van der Waals surface area contributed by atoms with Crippen molar-refractivity contribution in [1.82, 2.24) is 9.80 Å². The lowest BCUT2D eigenvalue weighted by Gasteiger charge is -2.42. The van der Waals surface area contributed by atoms with E-state index in [1.165, 1.54) is 0 Å². The molecule has 4 heteroatoms. The Labute approximate surface area is 118 Å². The van der Waals surface area contributed by atoms with Gasteiger partial charge in [-0.3, -0.25) is 9.80 Å². The summed E-state index contributed by atoms with van der Waals surface area (Å²) in [6.07, 6.45) is 0. The summed E-state index contributed by atoms with van der Waals surface area (Å²) in [5.41, 5.74) is 0.994. The minimum atomic E-state index is 0.372. The predicted molar refractivity (Wildman–Crippen MR) is 77.8 cm³/mol. The van der Waals surface area contributed by atoms with Crippen LogP contribution in [0.3, 0.4) is 0 Å². The molecule has 1 N–H and O–H groups in total. The molecule has 0 spiro atoms.